The number of benzene rings is 1. The van der Waals surface area contributed by atoms with Crippen LogP contribution < -0.4 is 10.6 Å². The van der Waals surface area contributed by atoms with E-state index in [0.717, 1.165) is 48.8 Å². The van der Waals surface area contributed by atoms with Crippen molar-refractivity contribution in [2.24, 2.45) is 11.8 Å². The summed E-state index contributed by atoms with van der Waals surface area (Å²) >= 11 is 0. The summed E-state index contributed by atoms with van der Waals surface area (Å²) in [6, 6.07) is 5.56. The highest BCUT2D eigenvalue weighted by Gasteiger charge is 2.54. The number of likely N-dealkylation sites (tertiary alicyclic amines) is 1. The van der Waals surface area contributed by atoms with Crippen LogP contribution in [0.2, 0.25) is 0 Å². The molecule has 5 aliphatic rings. The van der Waals surface area contributed by atoms with E-state index >= 15 is 0 Å². The van der Waals surface area contributed by atoms with Crippen molar-refractivity contribution in [3.05, 3.63) is 34.9 Å². The predicted molar refractivity (Wildman–Crippen MR) is 119 cm³/mol. The lowest BCUT2D eigenvalue weighted by Gasteiger charge is -2.53. The van der Waals surface area contributed by atoms with Crippen LogP contribution in [0.3, 0.4) is 0 Å². The Morgan fingerprint density at radius 2 is 1.97 bits per heavy atom. The van der Waals surface area contributed by atoms with Gasteiger partial charge in [-0.2, -0.15) is 0 Å². The molecule has 6 rings (SSSR count). The van der Waals surface area contributed by atoms with Gasteiger partial charge in [-0.3, -0.25) is 24.6 Å². The fourth-order valence-electron chi connectivity index (χ4n) is 7.14. The average Bonchev–Trinajstić information content (AvgIpc) is 3.25. The summed E-state index contributed by atoms with van der Waals surface area (Å²) in [6.45, 7) is 4.57. The number of hydrogen-bond acceptors (Lipinski definition) is 5. The maximum atomic E-state index is 13.4. The monoisotopic (exact) mass is 436 g/mol. The second kappa shape index (κ2) is 7.66. The molecule has 0 spiro atoms. The molecule has 2 N–H and O–H groups in total. The van der Waals surface area contributed by atoms with Crippen LogP contribution in [0.4, 0.5) is 0 Å². The molecule has 32 heavy (non-hydrogen) atoms. The van der Waals surface area contributed by atoms with E-state index in [9.17, 15) is 14.4 Å². The molecule has 1 aromatic carbocycles. The number of imide groups is 1. The molecule has 1 saturated carbocycles. The van der Waals surface area contributed by atoms with Gasteiger partial charge in [0.25, 0.3) is 5.91 Å². The van der Waals surface area contributed by atoms with Gasteiger partial charge in [0, 0.05) is 37.2 Å². The zero-order valence-corrected chi connectivity index (χ0v) is 18.6. The van der Waals surface area contributed by atoms with Crippen molar-refractivity contribution in [3.63, 3.8) is 0 Å². The number of piperidine rings is 2. The lowest BCUT2D eigenvalue weighted by Crippen LogP contribution is -2.61. The van der Waals surface area contributed by atoms with Crippen LogP contribution in [-0.2, 0) is 22.7 Å². The van der Waals surface area contributed by atoms with Gasteiger partial charge in [-0.25, -0.2) is 0 Å². The molecule has 4 heterocycles. The van der Waals surface area contributed by atoms with E-state index < -0.39 is 6.04 Å². The third-order valence-electron chi connectivity index (χ3n) is 8.85. The van der Waals surface area contributed by atoms with E-state index in [1.807, 2.05) is 12.1 Å². The van der Waals surface area contributed by atoms with Crippen molar-refractivity contribution in [2.45, 2.75) is 69.6 Å². The lowest BCUT2D eigenvalue weighted by atomic mass is 9.59. The van der Waals surface area contributed by atoms with Gasteiger partial charge in [-0.15, -0.1) is 0 Å². The Hall–Kier alpha value is -2.25. The predicted octanol–water partition coefficient (Wildman–Crippen LogP) is 1.80. The second-order valence-electron chi connectivity index (χ2n) is 10.4. The molecule has 4 unspecified atom stereocenters. The molecule has 7 heteroatoms. The summed E-state index contributed by atoms with van der Waals surface area (Å²) in [7, 11) is 0. The molecule has 1 aliphatic carbocycles. The number of nitrogens with one attached hydrogen (secondary N) is 2. The van der Waals surface area contributed by atoms with Crippen molar-refractivity contribution in [2.75, 3.05) is 19.6 Å². The molecule has 0 radical (unpaired) electrons. The third kappa shape index (κ3) is 3.12. The maximum absolute atomic E-state index is 13.4. The molecule has 4 aliphatic heterocycles. The van der Waals surface area contributed by atoms with E-state index in [1.165, 1.54) is 32.1 Å². The van der Waals surface area contributed by atoms with Crippen LogP contribution in [-0.4, -0.2) is 58.7 Å². The Balaban J connectivity index is 1.19. The molecule has 3 saturated heterocycles. The van der Waals surface area contributed by atoms with E-state index in [0.29, 0.717) is 24.4 Å². The topological polar surface area (TPSA) is 81.8 Å². The molecule has 1 aromatic rings. The Kier molecular flexibility index (Phi) is 4.88. The molecule has 0 bridgehead atoms. The van der Waals surface area contributed by atoms with Crippen molar-refractivity contribution in [1.82, 2.24) is 20.4 Å². The number of amides is 3. The third-order valence-corrected chi connectivity index (χ3v) is 8.85. The minimum atomic E-state index is -0.553. The van der Waals surface area contributed by atoms with Gasteiger partial charge in [0.05, 0.1) is 0 Å². The van der Waals surface area contributed by atoms with Crippen molar-refractivity contribution >= 4 is 17.7 Å². The number of fused-ring (bicyclic) bond motifs is 2. The summed E-state index contributed by atoms with van der Waals surface area (Å²) < 4.78 is 0. The Morgan fingerprint density at radius 1 is 1.06 bits per heavy atom. The first-order valence-electron chi connectivity index (χ1n) is 12.3. The van der Waals surface area contributed by atoms with Gasteiger partial charge < -0.3 is 10.2 Å². The average molecular weight is 437 g/mol. The van der Waals surface area contributed by atoms with Crippen molar-refractivity contribution in [3.8, 4) is 0 Å². The quantitative estimate of drug-likeness (QED) is 0.704. The Bertz CT molecular complexity index is 978. The van der Waals surface area contributed by atoms with Gasteiger partial charge in [0.1, 0.15) is 6.04 Å². The molecule has 170 valence electrons. The summed E-state index contributed by atoms with van der Waals surface area (Å²) in [4.78, 5) is 41.5. The standard InChI is InChI=1S/C25H32N4O3/c30-21-7-6-20(23(31)27-21)29-14-17-4-1-3-16(22(17)24(29)32)13-28-12-2-5-19(15-28)25-10-8-18(25)9-11-26-25/h1,3-4,18-20,26H,2,5-15H2,(H,27,30,31). The fourth-order valence-corrected chi connectivity index (χ4v) is 7.14. The molecule has 7 nitrogen and oxygen atoms in total. The zero-order valence-electron chi connectivity index (χ0n) is 18.6. The fraction of sp³-hybridized carbons (Fsp3) is 0.640. The molecule has 3 amide bonds. The number of carbonyl (C=O) groups is 3. The number of carbonyl (C=O) groups excluding carboxylic acids is 3. The van der Waals surface area contributed by atoms with Crippen LogP contribution >= 0.6 is 0 Å². The van der Waals surface area contributed by atoms with Crippen LogP contribution in [0.25, 0.3) is 0 Å². The highest BCUT2D eigenvalue weighted by atomic mass is 16.2. The van der Waals surface area contributed by atoms with E-state index in [2.05, 4.69) is 21.6 Å². The Labute approximate surface area is 188 Å². The lowest BCUT2D eigenvalue weighted by molar-refractivity contribution is -0.136. The molecular formula is C25H32N4O3. The van der Waals surface area contributed by atoms with E-state index in [-0.39, 0.29) is 24.1 Å². The van der Waals surface area contributed by atoms with Gasteiger partial charge in [-0.05, 0) is 74.6 Å². The first-order chi connectivity index (χ1) is 15.5. The van der Waals surface area contributed by atoms with Crippen LogP contribution in [0, 0.1) is 11.8 Å². The minimum absolute atomic E-state index is 0.0613. The van der Waals surface area contributed by atoms with Crippen molar-refractivity contribution < 1.29 is 14.4 Å². The number of rotatable bonds is 4. The van der Waals surface area contributed by atoms with E-state index in [4.69, 9.17) is 0 Å². The van der Waals surface area contributed by atoms with Gasteiger partial charge in [0.2, 0.25) is 11.8 Å². The minimum Gasteiger partial charge on any atom is -0.322 e. The maximum Gasteiger partial charge on any atom is 0.255 e. The summed E-state index contributed by atoms with van der Waals surface area (Å²) in [5, 5.41) is 6.26. The normalized spacial score (nSPS) is 34.8. The van der Waals surface area contributed by atoms with Crippen LogP contribution in [0.1, 0.15) is 66.4 Å². The zero-order chi connectivity index (χ0) is 21.9. The molecule has 0 aromatic heterocycles. The SMILES string of the molecule is O=C1CCC(N2Cc3cccc(CN4CCCC(C56CCC5CCN6)C4)c3C2=O)C(=O)N1. The first kappa shape index (κ1) is 20.4. The van der Waals surface area contributed by atoms with E-state index in [1.54, 1.807) is 4.90 Å². The largest absolute Gasteiger partial charge is 0.322 e. The highest BCUT2D eigenvalue weighted by molar-refractivity contribution is 6.05. The first-order valence-corrected chi connectivity index (χ1v) is 12.3. The molecule has 4 fully saturated rings. The summed E-state index contributed by atoms with van der Waals surface area (Å²) in [6.07, 6.45) is 7.23. The van der Waals surface area contributed by atoms with Crippen LogP contribution in [0.5, 0.6) is 0 Å². The van der Waals surface area contributed by atoms with Crippen molar-refractivity contribution in [1.29, 1.82) is 0 Å². The van der Waals surface area contributed by atoms with Gasteiger partial charge in [0.15, 0.2) is 0 Å². The number of nitrogens with zero attached hydrogens (tertiary/aromatic N) is 2. The van der Waals surface area contributed by atoms with Gasteiger partial charge >= 0.3 is 0 Å². The highest BCUT2D eigenvalue weighted by Crippen LogP contribution is 2.51. The Morgan fingerprint density at radius 3 is 2.75 bits per heavy atom. The summed E-state index contributed by atoms with van der Waals surface area (Å²) in [5.74, 6) is 0.901. The molecular weight excluding hydrogens is 404 g/mol. The summed E-state index contributed by atoms with van der Waals surface area (Å²) in [5.41, 5.74) is 3.22. The second-order valence-corrected chi connectivity index (χ2v) is 10.4. The smallest absolute Gasteiger partial charge is 0.255 e. The van der Waals surface area contributed by atoms with Gasteiger partial charge in [-0.1, -0.05) is 18.2 Å². The number of hydrogen-bond donors (Lipinski definition) is 2. The molecule has 4 atom stereocenters. The van der Waals surface area contributed by atoms with Crippen LogP contribution in [0.15, 0.2) is 18.2 Å².